The molecule has 0 unspecified atom stereocenters. The van der Waals surface area contributed by atoms with Gasteiger partial charge in [0.05, 0.1) is 27.0 Å². The average molecular weight is 591 g/mol. The highest BCUT2D eigenvalue weighted by Gasteiger charge is 2.59. The molecule has 1 aliphatic heterocycles. The van der Waals surface area contributed by atoms with Gasteiger partial charge in [-0.3, -0.25) is 14.4 Å². The van der Waals surface area contributed by atoms with Crippen LogP contribution in [0.15, 0.2) is 62.6 Å². The quantitative estimate of drug-likeness (QED) is 0.305. The smallest absolute Gasteiger partial charge is 0.262 e. The number of hydrazone groups is 1. The van der Waals surface area contributed by atoms with E-state index >= 15 is 0 Å². The number of benzene rings is 2. The van der Waals surface area contributed by atoms with E-state index in [4.69, 9.17) is 4.74 Å². The van der Waals surface area contributed by atoms with Crippen molar-refractivity contribution in [1.29, 1.82) is 0 Å². The van der Waals surface area contributed by atoms with Crippen molar-refractivity contribution in [3.63, 3.8) is 0 Å². The summed E-state index contributed by atoms with van der Waals surface area (Å²) in [5.74, 6) is -1.34. The number of anilines is 1. The fourth-order valence-electron chi connectivity index (χ4n) is 4.82. The van der Waals surface area contributed by atoms with Gasteiger partial charge in [0.2, 0.25) is 0 Å². The Balaban J connectivity index is 1.24. The first-order valence-corrected chi connectivity index (χ1v) is 12.2. The molecule has 4 atom stereocenters. The molecule has 7 nitrogen and oxygen atoms in total. The molecule has 3 aliphatic rings. The molecule has 5 rings (SSSR count). The van der Waals surface area contributed by atoms with Gasteiger partial charge < -0.3 is 10.1 Å². The zero-order valence-electron chi connectivity index (χ0n) is 17.6. The number of rotatable bonds is 6. The lowest BCUT2D eigenvalue weighted by Gasteiger charge is -2.13. The molecule has 10 heteroatoms. The van der Waals surface area contributed by atoms with Crippen molar-refractivity contribution in [1.82, 2.24) is 5.01 Å². The third-order valence-corrected chi connectivity index (χ3v) is 7.42. The fourth-order valence-corrected chi connectivity index (χ4v) is 6.27. The predicted molar refractivity (Wildman–Crippen MR) is 130 cm³/mol. The highest BCUT2D eigenvalue weighted by atomic mass is 79.9. The van der Waals surface area contributed by atoms with Gasteiger partial charge in [-0.1, -0.05) is 18.2 Å². The lowest BCUT2D eigenvalue weighted by atomic mass is 9.85. The summed E-state index contributed by atoms with van der Waals surface area (Å²) in [6.07, 6.45) is 6.39. The second-order valence-corrected chi connectivity index (χ2v) is 10.1. The lowest BCUT2D eigenvalue weighted by Crippen LogP contribution is -2.28. The molecular formula is C24H18Br2FN3O4. The Morgan fingerprint density at radius 2 is 1.76 bits per heavy atom. The zero-order valence-corrected chi connectivity index (χ0v) is 20.8. The van der Waals surface area contributed by atoms with Crippen LogP contribution in [0.4, 0.5) is 10.1 Å². The summed E-state index contributed by atoms with van der Waals surface area (Å²) < 4.78 is 20.0. The highest BCUT2D eigenvalue weighted by molar-refractivity contribution is 9.11. The van der Waals surface area contributed by atoms with Crippen LogP contribution in [0.25, 0.3) is 0 Å². The molecule has 2 fully saturated rings. The van der Waals surface area contributed by atoms with Gasteiger partial charge in [-0.2, -0.15) is 10.1 Å². The first kappa shape index (κ1) is 22.9. The number of carbonyl (C=O) groups is 3. The first-order valence-electron chi connectivity index (χ1n) is 10.6. The molecule has 1 heterocycles. The molecule has 2 bridgehead atoms. The maximum Gasteiger partial charge on any atom is 0.262 e. The largest absolute Gasteiger partial charge is 0.481 e. The van der Waals surface area contributed by atoms with E-state index in [-0.39, 0.29) is 42.1 Å². The van der Waals surface area contributed by atoms with Crippen LogP contribution < -0.4 is 10.1 Å². The number of imide groups is 1. The SMILES string of the molecule is O=C(COc1c(Br)cc(C=NN2C(=O)[C@@H]3[C@H](C2=O)[C@H]2C=C[C@H]3C2)cc1Br)Nc1cccc(F)c1. The number of nitrogens with one attached hydrogen (secondary N) is 1. The molecule has 0 spiro atoms. The Morgan fingerprint density at radius 3 is 2.38 bits per heavy atom. The Kier molecular flexibility index (Phi) is 6.11. The molecule has 1 saturated carbocycles. The van der Waals surface area contributed by atoms with E-state index in [1.54, 1.807) is 18.2 Å². The van der Waals surface area contributed by atoms with Gasteiger partial charge in [-0.05, 0) is 86.0 Å². The lowest BCUT2D eigenvalue weighted by molar-refractivity contribution is -0.140. The summed E-state index contributed by atoms with van der Waals surface area (Å²) in [6.45, 7) is -0.295. The number of ether oxygens (including phenoxy) is 1. The monoisotopic (exact) mass is 589 g/mol. The average Bonchev–Trinajstić information content (AvgIpc) is 3.46. The number of hydrogen-bond acceptors (Lipinski definition) is 5. The van der Waals surface area contributed by atoms with E-state index in [2.05, 4.69) is 42.3 Å². The summed E-state index contributed by atoms with van der Waals surface area (Å²) >= 11 is 6.82. The van der Waals surface area contributed by atoms with Gasteiger partial charge in [-0.15, -0.1) is 0 Å². The molecule has 1 N–H and O–H groups in total. The maximum absolute atomic E-state index is 13.3. The number of hydrogen-bond donors (Lipinski definition) is 1. The molecule has 174 valence electrons. The van der Waals surface area contributed by atoms with Crippen molar-refractivity contribution in [2.75, 3.05) is 11.9 Å². The summed E-state index contributed by atoms with van der Waals surface area (Å²) in [6, 6.07) is 8.97. The fraction of sp³-hybridized carbons (Fsp3) is 0.250. The molecule has 0 aromatic heterocycles. The number of allylic oxidation sites excluding steroid dienone is 2. The predicted octanol–water partition coefficient (Wildman–Crippen LogP) is 4.51. The standard InChI is InChI=1S/C24H18Br2FN3O4/c25-17-6-12(10-28-30-23(32)20-13-4-5-14(8-13)21(20)24(30)33)7-18(26)22(17)34-11-19(31)29-16-3-1-2-15(27)9-16/h1-7,9-10,13-14,20-21H,8,11H2,(H,29,31)/t13-,14-,20-,21+/m0/s1. The van der Waals surface area contributed by atoms with Crippen molar-refractivity contribution in [2.45, 2.75) is 6.42 Å². The highest BCUT2D eigenvalue weighted by Crippen LogP contribution is 2.52. The summed E-state index contributed by atoms with van der Waals surface area (Å²) in [7, 11) is 0. The van der Waals surface area contributed by atoms with Crippen LogP contribution in [0.1, 0.15) is 12.0 Å². The van der Waals surface area contributed by atoms with Crippen molar-refractivity contribution in [3.05, 3.63) is 68.9 Å². The minimum atomic E-state index is -0.453. The van der Waals surface area contributed by atoms with Crippen LogP contribution in [0.2, 0.25) is 0 Å². The minimum Gasteiger partial charge on any atom is -0.481 e. The van der Waals surface area contributed by atoms with E-state index in [1.165, 1.54) is 24.4 Å². The van der Waals surface area contributed by atoms with Crippen LogP contribution in [-0.2, 0) is 14.4 Å². The van der Waals surface area contributed by atoms with E-state index in [0.717, 1.165) is 11.4 Å². The van der Waals surface area contributed by atoms with Crippen LogP contribution in [-0.4, -0.2) is 35.6 Å². The van der Waals surface area contributed by atoms with Crippen LogP contribution in [0, 0.1) is 29.5 Å². The number of fused-ring (bicyclic) bond motifs is 5. The Hall–Kier alpha value is -2.85. The van der Waals surface area contributed by atoms with Gasteiger partial charge in [-0.25, -0.2) is 4.39 Å². The second kappa shape index (κ2) is 9.07. The van der Waals surface area contributed by atoms with Gasteiger partial charge >= 0.3 is 0 Å². The maximum atomic E-state index is 13.3. The molecule has 2 aliphatic carbocycles. The van der Waals surface area contributed by atoms with E-state index in [9.17, 15) is 18.8 Å². The molecule has 0 radical (unpaired) electrons. The molecule has 1 saturated heterocycles. The van der Waals surface area contributed by atoms with Gasteiger partial charge in [0.1, 0.15) is 11.6 Å². The third kappa shape index (κ3) is 4.20. The Labute approximate surface area is 211 Å². The normalized spacial score (nSPS) is 24.9. The summed E-state index contributed by atoms with van der Waals surface area (Å²) in [5.41, 5.74) is 0.950. The van der Waals surface area contributed by atoms with Crippen LogP contribution in [0.3, 0.4) is 0 Å². The van der Waals surface area contributed by atoms with Gasteiger partial charge in [0, 0.05) is 5.69 Å². The molecule has 34 heavy (non-hydrogen) atoms. The topological polar surface area (TPSA) is 88.1 Å². The zero-order chi connectivity index (χ0) is 24.0. The van der Waals surface area contributed by atoms with Crippen molar-refractivity contribution < 1.29 is 23.5 Å². The molecular weight excluding hydrogens is 573 g/mol. The minimum absolute atomic E-state index is 0.129. The van der Waals surface area contributed by atoms with E-state index in [0.29, 0.717) is 25.9 Å². The first-order chi connectivity index (χ1) is 16.3. The van der Waals surface area contributed by atoms with Crippen molar-refractivity contribution in [3.8, 4) is 5.75 Å². The Morgan fingerprint density at radius 1 is 1.12 bits per heavy atom. The number of carbonyl (C=O) groups excluding carboxylic acids is 3. The van der Waals surface area contributed by atoms with E-state index < -0.39 is 11.7 Å². The summed E-state index contributed by atoms with van der Waals surface area (Å²) in [4.78, 5) is 37.7. The third-order valence-electron chi connectivity index (χ3n) is 6.25. The van der Waals surface area contributed by atoms with Crippen molar-refractivity contribution in [2.24, 2.45) is 28.8 Å². The number of halogens is 3. The van der Waals surface area contributed by atoms with Crippen LogP contribution >= 0.6 is 31.9 Å². The van der Waals surface area contributed by atoms with Crippen LogP contribution in [0.5, 0.6) is 5.75 Å². The van der Waals surface area contributed by atoms with Gasteiger partial charge in [0.15, 0.2) is 6.61 Å². The number of nitrogens with zero attached hydrogens (tertiary/aromatic N) is 2. The number of amides is 3. The second-order valence-electron chi connectivity index (χ2n) is 8.39. The van der Waals surface area contributed by atoms with E-state index in [1.807, 2.05) is 12.2 Å². The van der Waals surface area contributed by atoms with Gasteiger partial charge in [0.25, 0.3) is 17.7 Å². The molecule has 2 aromatic rings. The molecule has 3 amide bonds. The van der Waals surface area contributed by atoms with Crippen molar-refractivity contribution >= 4 is 61.5 Å². The Bertz CT molecular complexity index is 1210. The summed E-state index contributed by atoms with van der Waals surface area (Å²) in [5, 5.41) is 7.73. The molecule has 2 aromatic carbocycles.